The Hall–Kier alpha value is -0.521. The average Bonchev–Trinajstić information content (AvgIpc) is 2.37. The molecule has 0 unspecified atom stereocenters. The van der Waals surface area contributed by atoms with Gasteiger partial charge in [0.25, 0.3) is 0 Å². The standard InChI is InChI=1S/C15H12Br2Se/c1-18(16,17)15-10-6-5-9-14(15)12-11-13-7-3-2-4-8-13/h2-10H,1H3. The van der Waals surface area contributed by atoms with E-state index >= 15 is 0 Å². The van der Waals surface area contributed by atoms with Crippen molar-refractivity contribution in [3.63, 3.8) is 0 Å². The Labute approximate surface area is 124 Å². The summed E-state index contributed by atoms with van der Waals surface area (Å²) >= 11 is 7.54. The number of rotatable bonds is 1. The fourth-order valence-corrected chi connectivity index (χ4v) is 6.20. The van der Waals surface area contributed by atoms with Crippen LogP contribution in [-0.2, 0) is 0 Å². The summed E-state index contributed by atoms with van der Waals surface area (Å²) in [6.07, 6.45) is 0. The van der Waals surface area contributed by atoms with Gasteiger partial charge in [0, 0.05) is 0 Å². The van der Waals surface area contributed by atoms with Gasteiger partial charge in [-0.25, -0.2) is 0 Å². The zero-order chi connectivity index (χ0) is 13.0. The second-order valence-corrected chi connectivity index (χ2v) is 25.8. The molecule has 0 spiro atoms. The van der Waals surface area contributed by atoms with E-state index in [1.807, 2.05) is 36.4 Å². The SMILES string of the molecule is C[Se](Br)(Br)c1ccccc1C#Cc1ccccc1. The summed E-state index contributed by atoms with van der Waals surface area (Å²) in [5.74, 6) is 8.68. The van der Waals surface area contributed by atoms with Gasteiger partial charge in [-0.2, -0.15) is 0 Å². The third kappa shape index (κ3) is 3.73. The van der Waals surface area contributed by atoms with Gasteiger partial charge in [-0.15, -0.1) is 0 Å². The maximum atomic E-state index is 3.77. The fourth-order valence-electron chi connectivity index (χ4n) is 1.54. The Morgan fingerprint density at radius 2 is 1.44 bits per heavy atom. The van der Waals surface area contributed by atoms with E-state index in [4.69, 9.17) is 0 Å². The molecule has 92 valence electrons. The van der Waals surface area contributed by atoms with Crippen molar-refractivity contribution in [2.24, 2.45) is 0 Å². The van der Waals surface area contributed by atoms with Crippen molar-refractivity contribution in [1.29, 1.82) is 0 Å². The van der Waals surface area contributed by atoms with Crippen molar-refractivity contribution in [2.75, 3.05) is 0 Å². The third-order valence-electron chi connectivity index (χ3n) is 2.39. The molecule has 0 radical (unpaired) electrons. The Morgan fingerprint density at radius 3 is 2.11 bits per heavy atom. The average molecular weight is 431 g/mol. The van der Waals surface area contributed by atoms with E-state index in [0.717, 1.165) is 11.1 Å². The van der Waals surface area contributed by atoms with Gasteiger partial charge >= 0.3 is 125 Å². The number of hydrogen-bond acceptors (Lipinski definition) is 0. The molecule has 0 bridgehead atoms. The van der Waals surface area contributed by atoms with Crippen LogP contribution in [0.25, 0.3) is 0 Å². The minimum atomic E-state index is -1.87. The second-order valence-electron chi connectivity index (χ2n) is 3.84. The third-order valence-corrected chi connectivity index (χ3v) is 8.38. The van der Waals surface area contributed by atoms with Crippen LogP contribution in [0.15, 0.2) is 54.6 Å². The van der Waals surface area contributed by atoms with E-state index in [-0.39, 0.29) is 0 Å². The van der Waals surface area contributed by atoms with E-state index in [9.17, 15) is 0 Å². The van der Waals surface area contributed by atoms with Crippen molar-refractivity contribution >= 4 is 41.9 Å². The van der Waals surface area contributed by atoms with Gasteiger partial charge in [-0.3, -0.25) is 0 Å². The predicted molar refractivity (Wildman–Crippen MR) is 88.0 cm³/mol. The molecule has 0 aliphatic rings. The topological polar surface area (TPSA) is 0 Å². The summed E-state index contributed by atoms with van der Waals surface area (Å²) in [6.45, 7) is 0. The van der Waals surface area contributed by atoms with Crippen LogP contribution < -0.4 is 4.46 Å². The minimum absolute atomic E-state index is 1.04. The van der Waals surface area contributed by atoms with Crippen LogP contribution in [0.3, 0.4) is 0 Å². The molecule has 0 nitrogen and oxygen atoms in total. The van der Waals surface area contributed by atoms with Gasteiger partial charge < -0.3 is 0 Å². The van der Waals surface area contributed by atoms with E-state index in [2.05, 4.69) is 64.1 Å². The van der Waals surface area contributed by atoms with Crippen LogP contribution in [0, 0.1) is 11.8 Å². The first-order valence-electron chi connectivity index (χ1n) is 5.41. The van der Waals surface area contributed by atoms with Crippen LogP contribution >= 0.6 is 28.2 Å². The summed E-state index contributed by atoms with van der Waals surface area (Å²) in [6, 6.07) is 18.4. The van der Waals surface area contributed by atoms with Crippen LogP contribution in [0.4, 0.5) is 0 Å². The first kappa shape index (κ1) is 13.9. The zero-order valence-corrected chi connectivity index (χ0v) is 14.7. The van der Waals surface area contributed by atoms with Crippen molar-refractivity contribution in [1.82, 2.24) is 0 Å². The Morgan fingerprint density at radius 1 is 0.833 bits per heavy atom. The zero-order valence-electron chi connectivity index (χ0n) is 9.86. The van der Waals surface area contributed by atoms with Crippen molar-refractivity contribution in [3.8, 4) is 11.8 Å². The van der Waals surface area contributed by atoms with Crippen molar-refractivity contribution in [2.45, 2.75) is 5.82 Å². The number of halogens is 2. The Bertz CT molecular complexity index is 589. The number of benzene rings is 2. The van der Waals surface area contributed by atoms with Crippen molar-refractivity contribution < 1.29 is 0 Å². The summed E-state index contributed by atoms with van der Waals surface area (Å²) in [7, 11) is -1.87. The first-order valence-corrected chi connectivity index (χ1v) is 16.0. The maximum absolute atomic E-state index is 3.77. The summed E-state index contributed by atoms with van der Waals surface area (Å²) in [4.78, 5) is 0. The van der Waals surface area contributed by atoms with Gasteiger partial charge in [-0.1, -0.05) is 0 Å². The Kier molecular flexibility index (Phi) is 4.70. The van der Waals surface area contributed by atoms with E-state index < -0.39 is 9.23 Å². The normalized spacial score (nSPS) is 11.5. The van der Waals surface area contributed by atoms with E-state index in [1.165, 1.54) is 4.46 Å². The molecule has 18 heavy (non-hydrogen) atoms. The first-order chi connectivity index (χ1) is 8.57. The molecule has 0 aliphatic heterocycles. The molecular weight excluding hydrogens is 419 g/mol. The molecule has 0 saturated heterocycles. The molecule has 0 aromatic heterocycles. The molecular formula is C15H12Br2Se. The number of hydrogen-bond donors (Lipinski definition) is 0. The van der Waals surface area contributed by atoms with Gasteiger partial charge in [-0.05, 0) is 0 Å². The van der Waals surface area contributed by atoms with Gasteiger partial charge in [0.15, 0.2) is 0 Å². The van der Waals surface area contributed by atoms with Crippen molar-refractivity contribution in [3.05, 3.63) is 65.7 Å². The van der Waals surface area contributed by atoms with E-state index in [1.54, 1.807) is 0 Å². The molecule has 0 amide bonds. The molecule has 2 rings (SSSR count). The fraction of sp³-hybridized carbons (Fsp3) is 0.0667. The molecule has 2 aromatic carbocycles. The molecule has 0 fully saturated rings. The molecule has 0 aliphatic carbocycles. The molecule has 0 saturated carbocycles. The molecule has 0 N–H and O–H groups in total. The molecule has 0 atom stereocenters. The van der Waals surface area contributed by atoms with Gasteiger partial charge in [0.1, 0.15) is 0 Å². The summed E-state index contributed by atoms with van der Waals surface area (Å²) < 4.78 is 1.29. The van der Waals surface area contributed by atoms with Crippen LogP contribution in [0.1, 0.15) is 11.1 Å². The second kappa shape index (κ2) is 6.08. The molecule has 3 heteroatoms. The summed E-state index contributed by atoms with van der Waals surface area (Å²) in [5.41, 5.74) is 2.14. The summed E-state index contributed by atoms with van der Waals surface area (Å²) in [5, 5.41) is 0. The predicted octanol–water partition coefficient (Wildman–Crippen LogP) is 4.16. The van der Waals surface area contributed by atoms with Crippen LogP contribution in [0.2, 0.25) is 5.82 Å². The van der Waals surface area contributed by atoms with Gasteiger partial charge in [0.2, 0.25) is 0 Å². The van der Waals surface area contributed by atoms with E-state index in [0.29, 0.717) is 0 Å². The van der Waals surface area contributed by atoms with Crippen LogP contribution in [0.5, 0.6) is 0 Å². The van der Waals surface area contributed by atoms with Crippen LogP contribution in [-0.4, -0.2) is 9.23 Å². The Balaban J connectivity index is 2.39. The molecule has 0 heterocycles. The monoisotopic (exact) mass is 430 g/mol. The quantitative estimate of drug-likeness (QED) is 0.471. The molecule has 2 aromatic rings. The van der Waals surface area contributed by atoms with Gasteiger partial charge in [0.05, 0.1) is 0 Å².